The van der Waals surface area contributed by atoms with Gasteiger partial charge in [-0.15, -0.1) is 0 Å². The van der Waals surface area contributed by atoms with Gasteiger partial charge in [0.2, 0.25) is 5.91 Å². The molecule has 29 heavy (non-hydrogen) atoms. The number of amides is 1. The van der Waals surface area contributed by atoms with E-state index in [4.69, 9.17) is 9.15 Å². The number of aromatic amines is 1. The van der Waals surface area contributed by atoms with Crippen molar-refractivity contribution in [1.82, 2.24) is 10.3 Å². The Morgan fingerprint density at radius 2 is 2.00 bits per heavy atom. The van der Waals surface area contributed by atoms with E-state index in [-0.39, 0.29) is 5.91 Å². The minimum absolute atomic E-state index is 0.143. The highest BCUT2D eigenvalue weighted by molar-refractivity contribution is 5.97. The summed E-state index contributed by atoms with van der Waals surface area (Å²) in [5.74, 6) is 1.50. The number of rotatable bonds is 7. The third-order valence-corrected chi connectivity index (χ3v) is 4.82. The van der Waals surface area contributed by atoms with Crippen LogP contribution < -0.4 is 10.1 Å². The summed E-state index contributed by atoms with van der Waals surface area (Å²) >= 11 is 0. The normalized spacial score (nSPS) is 11.2. The number of nitrogens with one attached hydrogen (secondary N) is 2. The van der Waals surface area contributed by atoms with Gasteiger partial charge >= 0.3 is 0 Å². The molecule has 4 aromatic rings. The van der Waals surface area contributed by atoms with Gasteiger partial charge in [0.1, 0.15) is 11.5 Å². The number of ether oxygens (including phenoxy) is 1. The molecular weight excluding hydrogens is 364 g/mol. The first kappa shape index (κ1) is 18.6. The first-order valence-electron chi connectivity index (χ1n) is 9.48. The van der Waals surface area contributed by atoms with Crippen LogP contribution in [-0.4, -0.2) is 24.5 Å². The average Bonchev–Trinajstić information content (AvgIpc) is 3.39. The molecule has 2 heterocycles. The van der Waals surface area contributed by atoms with Gasteiger partial charge in [0.25, 0.3) is 0 Å². The number of carbonyl (C=O) groups excluding carboxylic acids is 1. The Bertz CT molecular complexity index is 1140. The molecule has 0 bridgehead atoms. The van der Waals surface area contributed by atoms with Crippen LogP contribution in [0.25, 0.3) is 28.1 Å². The summed E-state index contributed by atoms with van der Waals surface area (Å²) in [6.45, 7) is 0.498. The van der Waals surface area contributed by atoms with E-state index in [1.165, 1.54) is 0 Å². The molecule has 0 atom stereocenters. The third kappa shape index (κ3) is 4.09. The predicted molar refractivity (Wildman–Crippen MR) is 115 cm³/mol. The van der Waals surface area contributed by atoms with Crippen molar-refractivity contribution >= 4 is 22.9 Å². The fourth-order valence-corrected chi connectivity index (χ4v) is 3.39. The lowest BCUT2D eigenvalue weighted by Crippen LogP contribution is -2.23. The average molecular weight is 386 g/mol. The van der Waals surface area contributed by atoms with Crippen LogP contribution in [0.15, 0.2) is 77.6 Å². The van der Waals surface area contributed by atoms with E-state index in [0.717, 1.165) is 39.1 Å². The van der Waals surface area contributed by atoms with Gasteiger partial charge in [-0.3, -0.25) is 4.79 Å². The maximum Gasteiger partial charge on any atom is 0.244 e. The Kier molecular flexibility index (Phi) is 5.47. The SMILES string of the molecule is COc1cccc2c(/C=C/C(=O)NCCc3occc3-c3ccccc3)c[nH]c12. The Morgan fingerprint density at radius 3 is 2.83 bits per heavy atom. The molecule has 5 nitrogen and oxygen atoms in total. The topological polar surface area (TPSA) is 67.3 Å². The van der Waals surface area contributed by atoms with Crippen LogP contribution in [0.2, 0.25) is 0 Å². The molecule has 4 rings (SSSR count). The fraction of sp³-hybridized carbons (Fsp3) is 0.125. The largest absolute Gasteiger partial charge is 0.495 e. The van der Waals surface area contributed by atoms with Crippen LogP contribution in [0.3, 0.4) is 0 Å². The number of methoxy groups -OCH3 is 1. The predicted octanol–water partition coefficient (Wildman–Crippen LogP) is 4.81. The van der Waals surface area contributed by atoms with Gasteiger partial charge in [-0.2, -0.15) is 0 Å². The molecule has 0 saturated heterocycles. The van der Waals surface area contributed by atoms with Crippen molar-refractivity contribution in [2.24, 2.45) is 0 Å². The lowest BCUT2D eigenvalue weighted by Gasteiger charge is -2.04. The van der Waals surface area contributed by atoms with Crippen LogP contribution >= 0.6 is 0 Å². The number of H-pyrrole nitrogens is 1. The molecule has 2 aromatic heterocycles. The van der Waals surface area contributed by atoms with E-state index in [1.54, 1.807) is 25.5 Å². The number of aromatic nitrogens is 1. The molecule has 0 radical (unpaired) electrons. The van der Waals surface area contributed by atoms with Crippen molar-refractivity contribution < 1.29 is 13.9 Å². The van der Waals surface area contributed by atoms with Gasteiger partial charge in [-0.25, -0.2) is 0 Å². The highest BCUT2D eigenvalue weighted by atomic mass is 16.5. The van der Waals surface area contributed by atoms with Gasteiger partial charge < -0.3 is 19.5 Å². The summed E-state index contributed by atoms with van der Waals surface area (Å²) in [7, 11) is 1.64. The zero-order chi connectivity index (χ0) is 20.1. The Morgan fingerprint density at radius 1 is 1.14 bits per heavy atom. The number of carbonyl (C=O) groups is 1. The fourth-order valence-electron chi connectivity index (χ4n) is 3.39. The molecule has 0 aliphatic rings. The van der Waals surface area contributed by atoms with Crippen molar-refractivity contribution in [3.05, 3.63) is 84.5 Å². The van der Waals surface area contributed by atoms with E-state index >= 15 is 0 Å². The van der Waals surface area contributed by atoms with E-state index in [9.17, 15) is 4.79 Å². The van der Waals surface area contributed by atoms with E-state index in [0.29, 0.717) is 13.0 Å². The second-order valence-electron chi connectivity index (χ2n) is 6.62. The lowest BCUT2D eigenvalue weighted by molar-refractivity contribution is -0.116. The number of fused-ring (bicyclic) bond motifs is 1. The molecule has 5 heteroatoms. The van der Waals surface area contributed by atoms with E-state index in [1.807, 2.05) is 60.8 Å². The van der Waals surface area contributed by atoms with Gasteiger partial charge in [-0.05, 0) is 23.8 Å². The van der Waals surface area contributed by atoms with Crippen molar-refractivity contribution in [2.45, 2.75) is 6.42 Å². The molecule has 1 amide bonds. The summed E-state index contributed by atoms with van der Waals surface area (Å²) < 4.78 is 11.0. The molecule has 0 aliphatic carbocycles. The van der Waals surface area contributed by atoms with Crippen LogP contribution in [0.5, 0.6) is 5.75 Å². The molecule has 2 N–H and O–H groups in total. The molecule has 0 unspecified atom stereocenters. The maximum absolute atomic E-state index is 12.2. The highest BCUT2D eigenvalue weighted by Crippen LogP contribution is 2.27. The Hall–Kier alpha value is -3.73. The Labute approximate surface area is 169 Å². The number of hydrogen-bond donors (Lipinski definition) is 2. The van der Waals surface area contributed by atoms with Gasteiger partial charge in [0.05, 0.1) is 18.9 Å². The first-order valence-corrected chi connectivity index (χ1v) is 9.48. The zero-order valence-corrected chi connectivity index (χ0v) is 16.1. The molecular formula is C24H22N2O3. The van der Waals surface area contributed by atoms with Crippen molar-refractivity contribution in [1.29, 1.82) is 0 Å². The second-order valence-corrected chi connectivity index (χ2v) is 6.62. The van der Waals surface area contributed by atoms with Crippen LogP contribution in [0.4, 0.5) is 0 Å². The third-order valence-electron chi connectivity index (χ3n) is 4.82. The van der Waals surface area contributed by atoms with Gasteiger partial charge in [0, 0.05) is 41.8 Å². The minimum atomic E-state index is -0.143. The molecule has 146 valence electrons. The molecule has 2 aromatic carbocycles. The van der Waals surface area contributed by atoms with Gasteiger partial charge in [-0.1, -0.05) is 42.5 Å². The number of hydrogen-bond acceptors (Lipinski definition) is 3. The lowest BCUT2D eigenvalue weighted by atomic mass is 10.1. The standard InChI is InChI=1S/C24H22N2O3/c1-28-22-9-5-8-20-18(16-26-24(20)22)10-11-23(27)25-14-12-21-19(13-15-29-21)17-6-3-2-4-7-17/h2-11,13,15-16,26H,12,14H2,1H3,(H,25,27)/b11-10+. The summed E-state index contributed by atoms with van der Waals surface area (Å²) in [6, 6.07) is 17.9. The summed E-state index contributed by atoms with van der Waals surface area (Å²) in [6.07, 6.45) is 7.52. The quantitative estimate of drug-likeness (QED) is 0.448. The number of para-hydroxylation sites is 1. The van der Waals surface area contributed by atoms with Crippen molar-refractivity contribution in [2.75, 3.05) is 13.7 Å². The van der Waals surface area contributed by atoms with Crippen LogP contribution in [0, 0.1) is 0 Å². The number of benzene rings is 2. The molecule has 0 aliphatic heterocycles. The second kappa shape index (κ2) is 8.52. The summed E-state index contributed by atoms with van der Waals surface area (Å²) in [5, 5.41) is 3.92. The number of furan rings is 1. The zero-order valence-electron chi connectivity index (χ0n) is 16.1. The molecule has 0 saturated carbocycles. The van der Waals surface area contributed by atoms with Crippen LogP contribution in [0.1, 0.15) is 11.3 Å². The smallest absolute Gasteiger partial charge is 0.244 e. The van der Waals surface area contributed by atoms with E-state index < -0.39 is 0 Å². The van der Waals surface area contributed by atoms with Gasteiger partial charge in [0.15, 0.2) is 0 Å². The highest BCUT2D eigenvalue weighted by Gasteiger charge is 2.09. The van der Waals surface area contributed by atoms with Crippen molar-refractivity contribution in [3.8, 4) is 16.9 Å². The molecule has 0 fully saturated rings. The van der Waals surface area contributed by atoms with Crippen molar-refractivity contribution in [3.63, 3.8) is 0 Å². The summed E-state index contributed by atoms with van der Waals surface area (Å²) in [4.78, 5) is 15.4. The minimum Gasteiger partial charge on any atom is -0.495 e. The monoisotopic (exact) mass is 386 g/mol. The first-order chi connectivity index (χ1) is 14.3. The Balaban J connectivity index is 1.36. The summed E-state index contributed by atoms with van der Waals surface area (Å²) in [5.41, 5.74) is 4.02. The van der Waals surface area contributed by atoms with E-state index in [2.05, 4.69) is 10.3 Å². The van der Waals surface area contributed by atoms with Crippen LogP contribution in [-0.2, 0) is 11.2 Å². The maximum atomic E-state index is 12.2. The molecule has 0 spiro atoms.